The van der Waals surface area contributed by atoms with Crippen LogP contribution in [0.25, 0.3) is 0 Å². The Balaban J connectivity index is 2.70. The van der Waals surface area contributed by atoms with Crippen LogP contribution in [0.15, 0.2) is 24.3 Å². The van der Waals surface area contributed by atoms with E-state index in [4.69, 9.17) is 0 Å². The van der Waals surface area contributed by atoms with Gasteiger partial charge in [-0.3, -0.25) is 4.79 Å². The second-order valence-corrected chi connectivity index (χ2v) is 5.05. The van der Waals surface area contributed by atoms with E-state index >= 15 is 0 Å². The maximum Gasteiger partial charge on any atom is 0.159 e. The largest absolute Gasteiger partial charge is 0.385 e. The average molecular weight is 205 g/mol. The summed E-state index contributed by atoms with van der Waals surface area (Å²) >= 11 is 0. The lowest BCUT2D eigenvalue weighted by molar-refractivity contribution is 0.101. The third kappa shape index (κ3) is 4.15. The minimum absolute atomic E-state index is 0.106. The fourth-order valence-corrected chi connectivity index (χ4v) is 1.22. The van der Waals surface area contributed by atoms with Gasteiger partial charge in [0.1, 0.15) is 0 Å². The van der Waals surface area contributed by atoms with Crippen LogP contribution in [0.4, 0.5) is 5.69 Å². The van der Waals surface area contributed by atoms with Crippen molar-refractivity contribution in [2.24, 2.45) is 5.41 Å². The molecule has 1 aromatic carbocycles. The van der Waals surface area contributed by atoms with Gasteiger partial charge in [-0.15, -0.1) is 0 Å². The summed E-state index contributed by atoms with van der Waals surface area (Å²) < 4.78 is 0. The Morgan fingerprint density at radius 2 is 2.00 bits per heavy atom. The van der Waals surface area contributed by atoms with Crippen LogP contribution in [-0.2, 0) is 0 Å². The number of benzene rings is 1. The normalized spacial score (nSPS) is 11.2. The van der Waals surface area contributed by atoms with Crippen molar-refractivity contribution < 1.29 is 4.79 Å². The number of hydrogen-bond donors (Lipinski definition) is 1. The van der Waals surface area contributed by atoms with Gasteiger partial charge in [0.15, 0.2) is 5.78 Å². The van der Waals surface area contributed by atoms with Gasteiger partial charge in [-0.1, -0.05) is 32.9 Å². The highest BCUT2D eigenvalue weighted by atomic mass is 16.1. The van der Waals surface area contributed by atoms with E-state index in [9.17, 15) is 4.79 Å². The maximum absolute atomic E-state index is 11.2. The number of anilines is 1. The smallest absolute Gasteiger partial charge is 0.159 e. The molecule has 2 heteroatoms. The van der Waals surface area contributed by atoms with Crippen LogP contribution < -0.4 is 5.32 Å². The molecule has 0 spiro atoms. The molecule has 0 aliphatic heterocycles. The third-order valence-corrected chi connectivity index (χ3v) is 2.09. The molecule has 1 N–H and O–H groups in total. The van der Waals surface area contributed by atoms with Gasteiger partial charge in [-0.05, 0) is 24.5 Å². The zero-order valence-electron chi connectivity index (χ0n) is 9.92. The molecule has 1 aromatic rings. The summed E-state index contributed by atoms with van der Waals surface area (Å²) in [5.41, 5.74) is 2.01. The zero-order valence-corrected chi connectivity index (χ0v) is 9.92. The average Bonchev–Trinajstić information content (AvgIpc) is 2.14. The minimum atomic E-state index is 0.106. The van der Waals surface area contributed by atoms with Crippen molar-refractivity contribution in [1.29, 1.82) is 0 Å². The zero-order chi connectivity index (χ0) is 11.5. The molecule has 1 rings (SSSR count). The summed E-state index contributed by atoms with van der Waals surface area (Å²) in [6.07, 6.45) is 0. The summed E-state index contributed by atoms with van der Waals surface area (Å²) in [4.78, 5) is 11.2. The minimum Gasteiger partial charge on any atom is -0.385 e. The molecule has 15 heavy (non-hydrogen) atoms. The lowest BCUT2D eigenvalue weighted by atomic mass is 9.97. The molecule has 0 atom stereocenters. The third-order valence-electron chi connectivity index (χ3n) is 2.09. The molecular formula is C13H19NO. The van der Waals surface area contributed by atoms with Crippen molar-refractivity contribution in [2.75, 3.05) is 11.9 Å². The molecule has 0 aliphatic carbocycles. The highest BCUT2D eigenvalue weighted by molar-refractivity contribution is 5.94. The highest BCUT2D eigenvalue weighted by Crippen LogP contribution is 2.16. The number of carbonyl (C=O) groups is 1. The summed E-state index contributed by atoms with van der Waals surface area (Å²) in [6.45, 7) is 9.01. The van der Waals surface area contributed by atoms with Gasteiger partial charge < -0.3 is 5.32 Å². The number of hydrogen-bond acceptors (Lipinski definition) is 2. The maximum atomic E-state index is 11.2. The standard InChI is InChI=1S/C13H19NO/c1-10(15)11-6-5-7-12(8-11)14-9-13(2,3)4/h5-8,14H,9H2,1-4H3. The first-order chi connectivity index (χ1) is 6.88. The summed E-state index contributed by atoms with van der Waals surface area (Å²) in [7, 11) is 0. The van der Waals surface area contributed by atoms with Gasteiger partial charge in [-0.25, -0.2) is 0 Å². The Hall–Kier alpha value is -1.31. The summed E-state index contributed by atoms with van der Waals surface area (Å²) in [5.74, 6) is 0.106. The predicted molar refractivity (Wildman–Crippen MR) is 64.4 cm³/mol. The molecule has 0 aromatic heterocycles. The summed E-state index contributed by atoms with van der Waals surface area (Å²) in [6, 6.07) is 7.62. The Kier molecular flexibility index (Phi) is 3.51. The van der Waals surface area contributed by atoms with Crippen molar-refractivity contribution in [3.8, 4) is 0 Å². The van der Waals surface area contributed by atoms with Crippen LogP contribution in [0.1, 0.15) is 38.1 Å². The van der Waals surface area contributed by atoms with E-state index in [0.717, 1.165) is 17.8 Å². The first-order valence-electron chi connectivity index (χ1n) is 5.23. The van der Waals surface area contributed by atoms with Crippen LogP contribution in [0.3, 0.4) is 0 Å². The Labute approximate surface area is 91.7 Å². The van der Waals surface area contributed by atoms with E-state index in [0.29, 0.717) is 0 Å². The van der Waals surface area contributed by atoms with Gasteiger partial charge in [-0.2, -0.15) is 0 Å². The first-order valence-corrected chi connectivity index (χ1v) is 5.23. The van der Waals surface area contributed by atoms with E-state index in [1.807, 2.05) is 24.3 Å². The number of rotatable bonds is 3. The molecule has 0 amide bonds. The lowest BCUT2D eigenvalue weighted by Gasteiger charge is -2.19. The van der Waals surface area contributed by atoms with E-state index in [-0.39, 0.29) is 11.2 Å². The Morgan fingerprint density at radius 1 is 1.33 bits per heavy atom. The number of nitrogens with one attached hydrogen (secondary N) is 1. The number of ketones is 1. The molecule has 82 valence electrons. The molecule has 0 heterocycles. The van der Waals surface area contributed by atoms with Gasteiger partial charge in [0, 0.05) is 17.8 Å². The fraction of sp³-hybridized carbons (Fsp3) is 0.462. The van der Waals surface area contributed by atoms with Crippen molar-refractivity contribution in [3.63, 3.8) is 0 Å². The van der Waals surface area contributed by atoms with Crippen molar-refractivity contribution >= 4 is 11.5 Å². The molecule has 0 unspecified atom stereocenters. The van der Waals surface area contributed by atoms with E-state index in [2.05, 4.69) is 26.1 Å². The predicted octanol–water partition coefficient (Wildman–Crippen LogP) is 3.35. The molecule has 0 aliphatic rings. The quantitative estimate of drug-likeness (QED) is 0.767. The number of Topliss-reactive ketones (excluding diaryl/α,β-unsaturated/α-hetero) is 1. The van der Waals surface area contributed by atoms with E-state index in [1.165, 1.54) is 0 Å². The molecule has 0 bridgehead atoms. The van der Waals surface area contributed by atoms with Crippen molar-refractivity contribution in [1.82, 2.24) is 0 Å². The van der Waals surface area contributed by atoms with Gasteiger partial charge in [0.25, 0.3) is 0 Å². The molecule has 0 saturated carbocycles. The van der Waals surface area contributed by atoms with Gasteiger partial charge in [0.2, 0.25) is 0 Å². The second kappa shape index (κ2) is 4.47. The van der Waals surface area contributed by atoms with Crippen molar-refractivity contribution in [3.05, 3.63) is 29.8 Å². The van der Waals surface area contributed by atoms with E-state index in [1.54, 1.807) is 6.92 Å². The Bertz CT molecular complexity index is 350. The molecular weight excluding hydrogens is 186 g/mol. The molecule has 0 saturated heterocycles. The van der Waals surface area contributed by atoms with Crippen LogP contribution in [0.5, 0.6) is 0 Å². The van der Waals surface area contributed by atoms with E-state index < -0.39 is 0 Å². The molecule has 0 radical (unpaired) electrons. The Morgan fingerprint density at radius 3 is 2.53 bits per heavy atom. The second-order valence-electron chi connectivity index (χ2n) is 5.05. The van der Waals surface area contributed by atoms with Crippen LogP contribution in [0.2, 0.25) is 0 Å². The van der Waals surface area contributed by atoms with Crippen LogP contribution in [0, 0.1) is 5.41 Å². The highest BCUT2D eigenvalue weighted by Gasteiger charge is 2.09. The summed E-state index contributed by atoms with van der Waals surface area (Å²) in [5, 5.41) is 3.33. The topological polar surface area (TPSA) is 29.1 Å². The van der Waals surface area contributed by atoms with Crippen LogP contribution in [-0.4, -0.2) is 12.3 Å². The number of carbonyl (C=O) groups excluding carboxylic acids is 1. The SMILES string of the molecule is CC(=O)c1cccc(NCC(C)(C)C)c1. The monoisotopic (exact) mass is 205 g/mol. The first kappa shape index (κ1) is 11.8. The van der Waals surface area contributed by atoms with Crippen molar-refractivity contribution in [2.45, 2.75) is 27.7 Å². The molecule has 2 nitrogen and oxygen atoms in total. The van der Waals surface area contributed by atoms with Gasteiger partial charge in [0.05, 0.1) is 0 Å². The van der Waals surface area contributed by atoms with Crippen LogP contribution >= 0.6 is 0 Å². The lowest BCUT2D eigenvalue weighted by Crippen LogP contribution is -2.19. The van der Waals surface area contributed by atoms with Gasteiger partial charge >= 0.3 is 0 Å². The fourth-order valence-electron chi connectivity index (χ4n) is 1.22. The molecule has 0 fully saturated rings.